The number of benzene rings is 1. The van der Waals surface area contributed by atoms with Gasteiger partial charge in [0.2, 0.25) is 21.8 Å². The van der Waals surface area contributed by atoms with Crippen LogP contribution in [0, 0.1) is 17.8 Å². The van der Waals surface area contributed by atoms with E-state index in [4.69, 9.17) is 31.0 Å². The molecule has 3 aliphatic carbocycles. The van der Waals surface area contributed by atoms with Crippen molar-refractivity contribution < 1.29 is 32.3 Å². The third-order valence-electron chi connectivity index (χ3n) is 11.3. The van der Waals surface area contributed by atoms with E-state index >= 15 is 0 Å². The quantitative estimate of drug-likeness (QED) is 0.262. The van der Waals surface area contributed by atoms with Gasteiger partial charge in [-0.05, 0) is 76.3 Å². The van der Waals surface area contributed by atoms with E-state index in [1.165, 1.54) is 18.4 Å². The molecule has 3 saturated carbocycles. The summed E-state index contributed by atoms with van der Waals surface area (Å²) in [5, 5.41) is 6.62. The first-order chi connectivity index (χ1) is 25.2. The third kappa shape index (κ3) is 7.14. The molecule has 1 aliphatic heterocycles. The second-order valence-corrected chi connectivity index (χ2v) is 18.9. The monoisotopic (exact) mass is 783 g/mol. The van der Waals surface area contributed by atoms with E-state index in [1.54, 1.807) is 24.9 Å². The Morgan fingerprint density at radius 1 is 1.13 bits per heavy atom. The van der Waals surface area contributed by atoms with E-state index in [1.807, 2.05) is 29.7 Å². The number of aromatic nitrogens is 2. The Balaban J connectivity index is 1.21. The van der Waals surface area contributed by atoms with Gasteiger partial charge >= 0.3 is 0 Å². The number of amides is 3. The Kier molecular flexibility index (Phi) is 10.0. The predicted molar refractivity (Wildman–Crippen MR) is 203 cm³/mol. The lowest BCUT2D eigenvalue weighted by atomic mass is 9.93. The summed E-state index contributed by atoms with van der Waals surface area (Å²) >= 11 is 8.27. The first kappa shape index (κ1) is 37.6. The molecule has 2 N–H and O–H groups in total. The molecule has 3 heterocycles. The summed E-state index contributed by atoms with van der Waals surface area (Å²) in [6, 6.07) is 5.39. The summed E-state index contributed by atoms with van der Waals surface area (Å²) in [5.74, 6) is -2.14. The van der Waals surface area contributed by atoms with E-state index in [0.717, 1.165) is 25.0 Å². The number of ether oxygens (including phenoxy) is 2. The number of rotatable bonds is 8. The number of thiazole rings is 1. The molecule has 3 amide bonds. The molecular weight excluding hydrogens is 738 g/mol. The zero-order valence-electron chi connectivity index (χ0n) is 30.6. The SMILES string of the molecule is COc1ccc2c(OC3CC4C(=O)NC5(C(=O)NS(=O)(=O)C6(C)CC6)CC5/C=C/CCCCN(C)C(=O)C4C3)cc(-c3nc(C(C)C)cs3)nc2c1Cl. The number of halogens is 1. The van der Waals surface area contributed by atoms with Crippen LogP contribution in [-0.4, -0.2) is 78.1 Å². The van der Waals surface area contributed by atoms with Crippen LogP contribution in [0.1, 0.15) is 83.7 Å². The molecule has 7 rings (SSSR count). The number of fused-ring (bicyclic) bond motifs is 3. The van der Waals surface area contributed by atoms with E-state index in [0.29, 0.717) is 57.5 Å². The largest absolute Gasteiger partial charge is 0.495 e. The van der Waals surface area contributed by atoms with Crippen LogP contribution in [0.3, 0.4) is 0 Å². The number of carbonyl (C=O) groups excluding carboxylic acids is 3. The van der Waals surface area contributed by atoms with Crippen molar-refractivity contribution in [1.82, 2.24) is 24.9 Å². The Bertz CT molecular complexity index is 2100. The summed E-state index contributed by atoms with van der Waals surface area (Å²) in [4.78, 5) is 53.5. The summed E-state index contributed by atoms with van der Waals surface area (Å²) in [6.45, 7) is 6.30. The van der Waals surface area contributed by atoms with Gasteiger partial charge in [0.05, 0.1) is 34.9 Å². The molecule has 0 bridgehead atoms. The Morgan fingerprint density at radius 3 is 2.58 bits per heavy atom. The Morgan fingerprint density at radius 2 is 1.89 bits per heavy atom. The summed E-state index contributed by atoms with van der Waals surface area (Å²) < 4.78 is 39.7. The van der Waals surface area contributed by atoms with Crippen LogP contribution in [0.2, 0.25) is 5.02 Å². The average molecular weight is 784 g/mol. The maximum Gasteiger partial charge on any atom is 0.259 e. The van der Waals surface area contributed by atoms with Gasteiger partial charge in [-0.3, -0.25) is 19.1 Å². The number of nitrogens with one attached hydrogen (secondary N) is 2. The average Bonchev–Trinajstić information content (AvgIpc) is 3.89. The van der Waals surface area contributed by atoms with Gasteiger partial charge in [0.15, 0.2) is 0 Å². The molecule has 5 unspecified atom stereocenters. The fourth-order valence-corrected chi connectivity index (χ4v) is 9.95. The number of pyridine rings is 1. The minimum atomic E-state index is -3.94. The standard InChI is InChI=1S/C38H46ClN5O7S2/c1-21(2)28-20-52-34(41-28)27-18-30(24-11-12-29(50-5)31(39)32(24)40-27)51-23-16-25-26(17-23)35(46)44(4)15-9-7-6-8-10-22-19-38(22,42-33(25)45)36(47)43-53(48,49)37(3)13-14-37/h8,10-12,18,20-23,25-26H,6-7,9,13-17,19H2,1-5H3,(H,42,45)(H,43,47)/b10-8+. The van der Waals surface area contributed by atoms with E-state index in [9.17, 15) is 22.8 Å². The lowest BCUT2D eigenvalue weighted by Gasteiger charge is -2.27. The summed E-state index contributed by atoms with van der Waals surface area (Å²) in [5.41, 5.74) is 0.556. The van der Waals surface area contributed by atoms with Crippen molar-refractivity contribution in [3.63, 3.8) is 0 Å². The number of methoxy groups -OCH3 is 1. The molecule has 5 atom stereocenters. The topological polar surface area (TPSA) is 157 Å². The fraction of sp³-hybridized carbons (Fsp3) is 0.553. The fourth-order valence-electron chi connectivity index (χ4n) is 7.41. The highest BCUT2D eigenvalue weighted by Crippen LogP contribution is 2.49. The van der Waals surface area contributed by atoms with Crippen LogP contribution >= 0.6 is 22.9 Å². The molecule has 53 heavy (non-hydrogen) atoms. The molecule has 0 radical (unpaired) electrons. The van der Waals surface area contributed by atoms with Crippen LogP contribution in [0.15, 0.2) is 35.7 Å². The highest BCUT2D eigenvalue weighted by atomic mass is 35.5. The van der Waals surface area contributed by atoms with Gasteiger partial charge in [-0.2, -0.15) is 0 Å². The molecule has 15 heteroatoms. The van der Waals surface area contributed by atoms with E-state index in [-0.39, 0.29) is 37.0 Å². The molecule has 3 aromatic rings. The summed E-state index contributed by atoms with van der Waals surface area (Å²) in [7, 11) is -0.652. The van der Waals surface area contributed by atoms with E-state index in [2.05, 4.69) is 23.9 Å². The van der Waals surface area contributed by atoms with Crippen LogP contribution in [0.5, 0.6) is 11.5 Å². The highest BCUT2D eigenvalue weighted by Gasteiger charge is 2.63. The second kappa shape index (κ2) is 14.2. The molecule has 12 nitrogen and oxygen atoms in total. The van der Waals surface area contributed by atoms with Gasteiger partial charge in [-0.15, -0.1) is 11.3 Å². The first-order valence-electron chi connectivity index (χ1n) is 18.3. The number of hydrogen-bond donors (Lipinski definition) is 2. The van der Waals surface area contributed by atoms with Crippen LogP contribution < -0.4 is 19.5 Å². The summed E-state index contributed by atoms with van der Waals surface area (Å²) in [6.07, 6.45) is 7.33. The molecule has 284 valence electrons. The molecule has 0 spiro atoms. The number of hydrogen-bond acceptors (Lipinski definition) is 10. The predicted octanol–water partition coefficient (Wildman–Crippen LogP) is 5.99. The van der Waals surface area contributed by atoms with Crippen molar-refractivity contribution in [2.75, 3.05) is 20.7 Å². The van der Waals surface area contributed by atoms with Crippen molar-refractivity contribution in [3.05, 3.63) is 46.4 Å². The Hall–Kier alpha value is -3.75. The molecule has 1 aromatic carbocycles. The zero-order chi connectivity index (χ0) is 37.9. The lowest BCUT2D eigenvalue weighted by molar-refractivity contribution is -0.140. The molecule has 3 fully saturated rings. The van der Waals surface area contributed by atoms with Crippen molar-refractivity contribution in [3.8, 4) is 22.2 Å². The van der Waals surface area contributed by atoms with Gasteiger partial charge in [-0.25, -0.2) is 18.4 Å². The second-order valence-electron chi connectivity index (χ2n) is 15.5. The van der Waals surface area contributed by atoms with E-state index < -0.39 is 50.1 Å². The van der Waals surface area contributed by atoms with Crippen LogP contribution in [0.25, 0.3) is 21.6 Å². The maximum absolute atomic E-state index is 14.3. The van der Waals surface area contributed by atoms with Gasteiger partial charge in [0.25, 0.3) is 5.91 Å². The minimum absolute atomic E-state index is 0.170. The highest BCUT2D eigenvalue weighted by molar-refractivity contribution is 7.91. The normalized spacial score (nSPS) is 27.7. The van der Waals surface area contributed by atoms with Crippen LogP contribution in [0.4, 0.5) is 0 Å². The maximum atomic E-state index is 14.3. The number of carbonyl (C=O) groups is 3. The number of sulfonamides is 1. The number of nitrogens with zero attached hydrogens (tertiary/aromatic N) is 3. The zero-order valence-corrected chi connectivity index (χ0v) is 33.0. The molecule has 4 aliphatic rings. The van der Waals surface area contributed by atoms with Crippen molar-refractivity contribution in [2.45, 2.75) is 94.4 Å². The van der Waals surface area contributed by atoms with Gasteiger partial charge in [-0.1, -0.05) is 37.6 Å². The van der Waals surface area contributed by atoms with Gasteiger partial charge in [0, 0.05) is 36.3 Å². The first-order valence-corrected chi connectivity index (χ1v) is 21.0. The van der Waals surface area contributed by atoms with Crippen molar-refractivity contribution in [2.24, 2.45) is 17.8 Å². The Labute approximate surface area is 319 Å². The molecule has 2 aromatic heterocycles. The molecule has 0 saturated heterocycles. The number of allylic oxidation sites excluding steroid dienone is 1. The smallest absolute Gasteiger partial charge is 0.259 e. The molecular formula is C38H46ClN5O7S2. The minimum Gasteiger partial charge on any atom is -0.495 e. The van der Waals surface area contributed by atoms with Crippen LogP contribution in [-0.2, 0) is 24.4 Å². The van der Waals surface area contributed by atoms with Gasteiger partial charge < -0.3 is 19.7 Å². The lowest BCUT2D eigenvalue weighted by Crippen LogP contribution is -2.55. The van der Waals surface area contributed by atoms with Crippen molar-refractivity contribution in [1.29, 1.82) is 0 Å². The van der Waals surface area contributed by atoms with Gasteiger partial charge in [0.1, 0.15) is 38.9 Å². The third-order valence-corrected chi connectivity index (χ3v) is 14.7. The van der Waals surface area contributed by atoms with Crippen molar-refractivity contribution >= 4 is 61.6 Å².